The summed E-state index contributed by atoms with van der Waals surface area (Å²) in [6.45, 7) is 6.91. The van der Waals surface area contributed by atoms with E-state index in [4.69, 9.17) is 0 Å². The van der Waals surface area contributed by atoms with Crippen LogP contribution in [0.15, 0.2) is 41.7 Å². The van der Waals surface area contributed by atoms with Gasteiger partial charge < -0.3 is 0 Å². The Morgan fingerprint density at radius 3 is 2.40 bits per heavy atom. The van der Waals surface area contributed by atoms with E-state index in [0.29, 0.717) is 13.1 Å². The van der Waals surface area contributed by atoms with Gasteiger partial charge in [-0.25, -0.2) is 4.79 Å². The van der Waals surface area contributed by atoms with Crippen molar-refractivity contribution in [2.45, 2.75) is 20.0 Å². The SMILES string of the molecule is C=CCn1c(=O)n(CC)c2ccccc21. The summed E-state index contributed by atoms with van der Waals surface area (Å²) in [7, 11) is 0. The van der Waals surface area contributed by atoms with Gasteiger partial charge in [-0.15, -0.1) is 6.58 Å². The van der Waals surface area contributed by atoms with Crippen LogP contribution in [-0.4, -0.2) is 9.13 Å². The minimum absolute atomic E-state index is 0.0404. The Morgan fingerprint density at radius 1 is 1.27 bits per heavy atom. The lowest BCUT2D eigenvalue weighted by atomic mass is 10.3. The first kappa shape index (κ1) is 9.77. The van der Waals surface area contributed by atoms with Crippen LogP contribution in [0.4, 0.5) is 0 Å². The molecule has 2 rings (SSSR count). The van der Waals surface area contributed by atoms with Gasteiger partial charge in [-0.3, -0.25) is 9.13 Å². The van der Waals surface area contributed by atoms with Crippen LogP contribution in [0.25, 0.3) is 11.0 Å². The van der Waals surface area contributed by atoms with Crippen LogP contribution >= 0.6 is 0 Å². The number of para-hydroxylation sites is 2. The number of nitrogens with zero attached hydrogens (tertiary/aromatic N) is 2. The molecule has 0 bridgehead atoms. The van der Waals surface area contributed by atoms with Crippen molar-refractivity contribution in [3.05, 3.63) is 47.4 Å². The third kappa shape index (κ3) is 1.40. The van der Waals surface area contributed by atoms with Gasteiger partial charge >= 0.3 is 5.69 Å². The summed E-state index contributed by atoms with van der Waals surface area (Å²) in [6.07, 6.45) is 1.74. The Kier molecular flexibility index (Phi) is 2.46. The molecule has 0 atom stereocenters. The van der Waals surface area contributed by atoms with Gasteiger partial charge in [0.1, 0.15) is 0 Å². The highest BCUT2D eigenvalue weighted by Gasteiger charge is 2.09. The number of benzene rings is 1. The van der Waals surface area contributed by atoms with E-state index in [-0.39, 0.29) is 5.69 Å². The Hall–Kier alpha value is -1.77. The zero-order chi connectivity index (χ0) is 10.8. The number of hydrogen-bond donors (Lipinski definition) is 0. The fourth-order valence-electron chi connectivity index (χ4n) is 1.88. The highest BCUT2D eigenvalue weighted by molar-refractivity contribution is 5.76. The number of aromatic nitrogens is 2. The van der Waals surface area contributed by atoms with Crippen LogP contribution in [0, 0.1) is 0 Å². The molecule has 15 heavy (non-hydrogen) atoms. The summed E-state index contributed by atoms with van der Waals surface area (Å²) in [5, 5.41) is 0. The molecule has 78 valence electrons. The van der Waals surface area contributed by atoms with Gasteiger partial charge in [-0.2, -0.15) is 0 Å². The molecule has 0 spiro atoms. The molecule has 0 fully saturated rings. The Bertz CT molecular complexity index is 548. The highest BCUT2D eigenvalue weighted by Crippen LogP contribution is 2.12. The molecule has 0 radical (unpaired) electrons. The van der Waals surface area contributed by atoms with Gasteiger partial charge in [0.2, 0.25) is 0 Å². The second-order valence-electron chi connectivity index (χ2n) is 3.41. The molecule has 0 saturated carbocycles. The molecule has 1 aromatic heterocycles. The van der Waals surface area contributed by atoms with Crippen molar-refractivity contribution in [1.82, 2.24) is 9.13 Å². The average Bonchev–Trinajstić information content (AvgIpc) is 2.53. The number of imidazole rings is 1. The molecule has 1 aromatic carbocycles. The second kappa shape index (κ2) is 3.77. The number of rotatable bonds is 3. The van der Waals surface area contributed by atoms with E-state index in [9.17, 15) is 4.79 Å². The largest absolute Gasteiger partial charge is 0.329 e. The third-order valence-corrected chi connectivity index (χ3v) is 2.55. The molecule has 3 nitrogen and oxygen atoms in total. The third-order valence-electron chi connectivity index (χ3n) is 2.55. The lowest BCUT2D eigenvalue weighted by Gasteiger charge is -1.96. The smallest absolute Gasteiger partial charge is 0.292 e. The van der Waals surface area contributed by atoms with Crippen molar-refractivity contribution in [1.29, 1.82) is 0 Å². The number of aryl methyl sites for hydroxylation is 1. The van der Waals surface area contributed by atoms with Gasteiger partial charge in [-0.05, 0) is 19.1 Å². The Morgan fingerprint density at radius 2 is 1.87 bits per heavy atom. The van der Waals surface area contributed by atoms with E-state index in [1.54, 1.807) is 15.2 Å². The van der Waals surface area contributed by atoms with Crippen LogP contribution in [-0.2, 0) is 13.1 Å². The monoisotopic (exact) mass is 202 g/mol. The van der Waals surface area contributed by atoms with Crippen LogP contribution in [0.2, 0.25) is 0 Å². The molecule has 3 heteroatoms. The molecule has 0 unspecified atom stereocenters. The normalized spacial score (nSPS) is 10.7. The van der Waals surface area contributed by atoms with Crippen molar-refractivity contribution in [2.75, 3.05) is 0 Å². The first-order valence-corrected chi connectivity index (χ1v) is 5.08. The van der Waals surface area contributed by atoms with Gasteiger partial charge in [0.05, 0.1) is 11.0 Å². The molecule has 0 amide bonds. The molecular weight excluding hydrogens is 188 g/mol. The van der Waals surface area contributed by atoms with Crippen molar-refractivity contribution >= 4 is 11.0 Å². The fraction of sp³-hybridized carbons (Fsp3) is 0.250. The molecule has 2 aromatic rings. The number of fused-ring (bicyclic) bond motifs is 1. The van der Waals surface area contributed by atoms with E-state index in [1.807, 2.05) is 31.2 Å². The molecule has 0 aliphatic carbocycles. The predicted octanol–water partition coefficient (Wildman–Crippen LogP) is 2.01. The first-order chi connectivity index (χ1) is 7.29. The standard InChI is InChI=1S/C12H14N2O/c1-3-9-14-11-8-6-5-7-10(11)13(4-2)12(14)15/h3,5-8H,1,4,9H2,2H3. The molecule has 0 aliphatic rings. The van der Waals surface area contributed by atoms with Crippen molar-refractivity contribution in [2.24, 2.45) is 0 Å². The topological polar surface area (TPSA) is 26.9 Å². The molecule has 1 heterocycles. The van der Waals surface area contributed by atoms with E-state index in [0.717, 1.165) is 11.0 Å². The van der Waals surface area contributed by atoms with E-state index < -0.39 is 0 Å². The maximum Gasteiger partial charge on any atom is 0.329 e. The summed E-state index contributed by atoms with van der Waals surface area (Å²) in [5.74, 6) is 0. The zero-order valence-corrected chi connectivity index (χ0v) is 8.81. The number of allylic oxidation sites excluding steroid dienone is 1. The van der Waals surface area contributed by atoms with Crippen molar-refractivity contribution in [3.63, 3.8) is 0 Å². The summed E-state index contributed by atoms with van der Waals surface area (Å²) < 4.78 is 3.52. The van der Waals surface area contributed by atoms with Gasteiger partial charge in [0.15, 0.2) is 0 Å². The summed E-state index contributed by atoms with van der Waals surface area (Å²) in [6, 6.07) is 7.83. The molecular formula is C12H14N2O. The lowest BCUT2D eigenvalue weighted by Crippen LogP contribution is -2.23. The Labute approximate surface area is 88.3 Å². The second-order valence-corrected chi connectivity index (χ2v) is 3.41. The zero-order valence-electron chi connectivity index (χ0n) is 8.81. The summed E-state index contributed by atoms with van der Waals surface area (Å²) in [5.41, 5.74) is 2.01. The maximum absolute atomic E-state index is 12.0. The van der Waals surface area contributed by atoms with Gasteiger partial charge in [0.25, 0.3) is 0 Å². The number of hydrogen-bond acceptors (Lipinski definition) is 1. The predicted molar refractivity (Wildman–Crippen MR) is 62.1 cm³/mol. The van der Waals surface area contributed by atoms with Crippen LogP contribution in [0.5, 0.6) is 0 Å². The lowest BCUT2D eigenvalue weighted by molar-refractivity contribution is 0.691. The quantitative estimate of drug-likeness (QED) is 0.699. The Balaban J connectivity index is 2.84. The van der Waals surface area contributed by atoms with Gasteiger partial charge in [0, 0.05) is 13.1 Å². The molecule has 0 N–H and O–H groups in total. The van der Waals surface area contributed by atoms with Crippen molar-refractivity contribution in [3.8, 4) is 0 Å². The minimum atomic E-state index is 0.0404. The van der Waals surface area contributed by atoms with Gasteiger partial charge in [-0.1, -0.05) is 18.2 Å². The summed E-state index contributed by atoms with van der Waals surface area (Å²) in [4.78, 5) is 12.0. The minimum Gasteiger partial charge on any atom is -0.292 e. The van der Waals surface area contributed by atoms with Crippen molar-refractivity contribution < 1.29 is 0 Å². The van der Waals surface area contributed by atoms with E-state index in [1.165, 1.54) is 0 Å². The molecule has 0 aliphatic heterocycles. The van der Waals surface area contributed by atoms with Crippen LogP contribution in [0.3, 0.4) is 0 Å². The van der Waals surface area contributed by atoms with Crippen LogP contribution < -0.4 is 5.69 Å². The van der Waals surface area contributed by atoms with E-state index >= 15 is 0 Å². The summed E-state index contributed by atoms with van der Waals surface area (Å²) >= 11 is 0. The fourth-order valence-corrected chi connectivity index (χ4v) is 1.88. The first-order valence-electron chi connectivity index (χ1n) is 5.08. The highest BCUT2D eigenvalue weighted by atomic mass is 16.1. The maximum atomic E-state index is 12.0. The van der Waals surface area contributed by atoms with E-state index in [2.05, 4.69) is 6.58 Å². The average molecular weight is 202 g/mol. The molecule has 0 saturated heterocycles. The van der Waals surface area contributed by atoms with Crippen LogP contribution in [0.1, 0.15) is 6.92 Å².